The third kappa shape index (κ3) is 3.66. The number of ether oxygens (including phenoxy) is 1. The maximum Gasteiger partial charge on any atom is 0.228 e. The van der Waals surface area contributed by atoms with E-state index in [0.29, 0.717) is 18.4 Å². The Kier molecular flexibility index (Phi) is 6.76. The number of likely N-dealkylation sites (tertiary alicyclic amines) is 1. The summed E-state index contributed by atoms with van der Waals surface area (Å²) in [5, 5.41) is 0. The van der Waals surface area contributed by atoms with Crippen molar-refractivity contribution >= 4 is 18.3 Å². The minimum absolute atomic E-state index is 0. The highest BCUT2D eigenvalue weighted by molar-refractivity contribution is 5.85. The first-order valence-corrected chi connectivity index (χ1v) is 7.63. The van der Waals surface area contributed by atoms with E-state index in [9.17, 15) is 4.79 Å². The Hall–Kier alpha value is -0.320. The van der Waals surface area contributed by atoms with E-state index in [2.05, 4.69) is 11.8 Å². The number of methoxy groups -OCH3 is 1. The van der Waals surface area contributed by atoms with Gasteiger partial charge in [0.2, 0.25) is 5.91 Å². The van der Waals surface area contributed by atoms with Gasteiger partial charge in [-0.1, -0.05) is 6.42 Å². The Morgan fingerprint density at radius 1 is 1.40 bits per heavy atom. The van der Waals surface area contributed by atoms with E-state index >= 15 is 0 Å². The molecule has 1 saturated carbocycles. The summed E-state index contributed by atoms with van der Waals surface area (Å²) in [7, 11) is 1.71. The SMILES string of the molecule is COCCC1(C(=O)N2CCC(C(C)N)CC2)CCC1.Cl. The standard InChI is InChI=1S/C15H28N2O2.ClH/c1-12(16)13-4-9-17(10-5-13)14(18)15(6-3-7-15)8-11-19-2;/h12-13H,3-11,16H2,1-2H3;1H. The molecule has 0 bridgehead atoms. The largest absolute Gasteiger partial charge is 0.385 e. The van der Waals surface area contributed by atoms with Gasteiger partial charge in [0.05, 0.1) is 5.41 Å². The fourth-order valence-corrected chi connectivity index (χ4v) is 3.44. The number of amides is 1. The highest BCUT2D eigenvalue weighted by atomic mass is 35.5. The molecule has 5 heteroatoms. The number of piperidine rings is 1. The summed E-state index contributed by atoms with van der Waals surface area (Å²) in [5.74, 6) is 0.958. The molecule has 2 aliphatic rings. The summed E-state index contributed by atoms with van der Waals surface area (Å²) in [6, 6.07) is 0.253. The molecule has 1 saturated heterocycles. The normalized spacial score (nSPS) is 23.6. The molecule has 2 fully saturated rings. The first-order valence-electron chi connectivity index (χ1n) is 7.63. The van der Waals surface area contributed by atoms with Crippen LogP contribution >= 0.6 is 12.4 Å². The van der Waals surface area contributed by atoms with Gasteiger partial charge in [-0.25, -0.2) is 0 Å². The zero-order valence-electron chi connectivity index (χ0n) is 12.8. The van der Waals surface area contributed by atoms with Crippen LogP contribution in [-0.2, 0) is 9.53 Å². The number of hydrogen-bond acceptors (Lipinski definition) is 3. The molecule has 2 rings (SSSR count). The summed E-state index contributed by atoms with van der Waals surface area (Å²) in [6.07, 6.45) is 6.28. The predicted molar refractivity (Wildman–Crippen MR) is 83.0 cm³/mol. The van der Waals surface area contributed by atoms with Crippen LogP contribution in [0.4, 0.5) is 0 Å². The minimum Gasteiger partial charge on any atom is -0.385 e. The molecule has 0 aromatic heterocycles. The lowest BCUT2D eigenvalue weighted by atomic mass is 9.65. The van der Waals surface area contributed by atoms with Crippen LogP contribution in [0.5, 0.6) is 0 Å². The van der Waals surface area contributed by atoms with Gasteiger partial charge in [-0.2, -0.15) is 0 Å². The van der Waals surface area contributed by atoms with Gasteiger partial charge in [0.1, 0.15) is 0 Å². The van der Waals surface area contributed by atoms with Crippen LogP contribution in [0.2, 0.25) is 0 Å². The molecule has 1 aliphatic heterocycles. The van der Waals surface area contributed by atoms with E-state index in [0.717, 1.165) is 45.2 Å². The Bertz CT molecular complexity index is 311. The first-order chi connectivity index (χ1) is 9.09. The maximum atomic E-state index is 12.7. The van der Waals surface area contributed by atoms with Crippen molar-refractivity contribution in [1.29, 1.82) is 0 Å². The third-order valence-corrected chi connectivity index (χ3v) is 5.12. The number of carbonyl (C=O) groups excluding carboxylic acids is 1. The fraction of sp³-hybridized carbons (Fsp3) is 0.933. The van der Waals surface area contributed by atoms with Crippen LogP contribution in [0.15, 0.2) is 0 Å². The van der Waals surface area contributed by atoms with Crippen molar-refractivity contribution in [3.05, 3.63) is 0 Å². The molecular formula is C15H29ClN2O2. The average molecular weight is 305 g/mol. The van der Waals surface area contributed by atoms with Crippen molar-refractivity contribution in [2.45, 2.75) is 51.5 Å². The monoisotopic (exact) mass is 304 g/mol. The van der Waals surface area contributed by atoms with Crippen molar-refractivity contribution in [3.63, 3.8) is 0 Å². The third-order valence-electron chi connectivity index (χ3n) is 5.12. The van der Waals surface area contributed by atoms with Gasteiger partial charge in [0.15, 0.2) is 0 Å². The summed E-state index contributed by atoms with van der Waals surface area (Å²) in [6.45, 7) is 4.55. The topological polar surface area (TPSA) is 55.6 Å². The smallest absolute Gasteiger partial charge is 0.228 e. The molecule has 1 amide bonds. The van der Waals surface area contributed by atoms with Crippen molar-refractivity contribution in [2.24, 2.45) is 17.1 Å². The molecule has 2 N–H and O–H groups in total. The van der Waals surface area contributed by atoms with Crippen LogP contribution in [0.1, 0.15) is 45.4 Å². The van der Waals surface area contributed by atoms with Crippen LogP contribution in [0, 0.1) is 11.3 Å². The van der Waals surface area contributed by atoms with Crippen LogP contribution in [-0.4, -0.2) is 43.7 Å². The Labute approximate surface area is 128 Å². The molecule has 1 atom stereocenters. The number of rotatable bonds is 5. The highest BCUT2D eigenvalue weighted by Gasteiger charge is 2.46. The van der Waals surface area contributed by atoms with E-state index in [1.807, 2.05) is 0 Å². The molecule has 0 aromatic carbocycles. The van der Waals surface area contributed by atoms with Crippen molar-refractivity contribution in [3.8, 4) is 0 Å². The number of halogens is 1. The minimum atomic E-state index is -0.100. The second-order valence-electron chi connectivity index (χ2n) is 6.37. The number of nitrogens with two attached hydrogens (primary N) is 1. The van der Waals surface area contributed by atoms with Crippen LogP contribution < -0.4 is 5.73 Å². The molecule has 1 unspecified atom stereocenters. The molecule has 4 nitrogen and oxygen atoms in total. The molecular weight excluding hydrogens is 276 g/mol. The lowest BCUT2D eigenvalue weighted by Gasteiger charge is -2.45. The lowest BCUT2D eigenvalue weighted by Crippen LogP contribution is -2.51. The number of nitrogens with zero attached hydrogens (tertiary/aromatic N) is 1. The van der Waals surface area contributed by atoms with Crippen molar-refractivity contribution in [1.82, 2.24) is 4.90 Å². The predicted octanol–water partition coefficient (Wildman–Crippen LogP) is 2.20. The van der Waals surface area contributed by atoms with Gasteiger partial charge in [-0.3, -0.25) is 4.79 Å². The van der Waals surface area contributed by atoms with Crippen molar-refractivity contribution < 1.29 is 9.53 Å². The Balaban J connectivity index is 0.00000200. The van der Waals surface area contributed by atoms with E-state index in [4.69, 9.17) is 10.5 Å². The summed E-state index contributed by atoms with van der Waals surface area (Å²) < 4.78 is 5.17. The number of carbonyl (C=O) groups is 1. The number of hydrogen-bond donors (Lipinski definition) is 1. The second-order valence-corrected chi connectivity index (χ2v) is 6.37. The Morgan fingerprint density at radius 3 is 2.40 bits per heavy atom. The summed E-state index contributed by atoms with van der Waals surface area (Å²) >= 11 is 0. The first kappa shape index (κ1) is 17.7. The summed E-state index contributed by atoms with van der Waals surface area (Å²) in [4.78, 5) is 14.8. The van der Waals surface area contributed by atoms with Gasteiger partial charge in [-0.05, 0) is 44.9 Å². The molecule has 20 heavy (non-hydrogen) atoms. The van der Waals surface area contributed by atoms with E-state index < -0.39 is 0 Å². The van der Waals surface area contributed by atoms with Gasteiger partial charge >= 0.3 is 0 Å². The van der Waals surface area contributed by atoms with Crippen LogP contribution in [0.3, 0.4) is 0 Å². The van der Waals surface area contributed by atoms with E-state index in [1.165, 1.54) is 6.42 Å². The van der Waals surface area contributed by atoms with Crippen LogP contribution in [0.25, 0.3) is 0 Å². The van der Waals surface area contributed by atoms with Gasteiger partial charge in [0, 0.05) is 32.8 Å². The lowest BCUT2D eigenvalue weighted by molar-refractivity contribution is -0.150. The van der Waals surface area contributed by atoms with Crippen molar-refractivity contribution in [2.75, 3.05) is 26.8 Å². The zero-order chi connectivity index (χ0) is 13.9. The molecule has 1 aliphatic carbocycles. The molecule has 0 radical (unpaired) electrons. The van der Waals surface area contributed by atoms with Gasteiger partial charge in [0.25, 0.3) is 0 Å². The quantitative estimate of drug-likeness (QED) is 0.847. The highest BCUT2D eigenvalue weighted by Crippen LogP contribution is 2.46. The molecule has 0 aromatic rings. The average Bonchev–Trinajstić information content (AvgIpc) is 2.37. The molecule has 118 valence electrons. The zero-order valence-corrected chi connectivity index (χ0v) is 13.6. The fourth-order valence-electron chi connectivity index (χ4n) is 3.44. The Morgan fingerprint density at radius 2 is 2.00 bits per heavy atom. The summed E-state index contributed by atoms with van der Waals surface area (Å²) in [5.41, 5.74) is 5.86. The molecule has 0 spiro atoms. The van der Waals surface area contributed by atoms with E-state index in [1.54, 1.807) is 7.11 Å². The van der Waals surface area contributed by atoms with E-state index in [-0.39, 0.29) is 23.9 Å². The molecule has 1 heterocycles. The second kappa shape index (κ2) is 7.62. The van der Waals surface area contributed by atoms with Gasteiger partial charge in [-0.15, -0.1) is 12.4 Å². The van der Waals surface area contributed by atoms with Gasteiger partial charge < -0.3 is 15.4 Å². The maximum absolute atomic E-state index is 12.7.